The van der Waals surface area contributed by atoms with Gasteiger partial charge in [-0.1, -0.05) is 0 Å². The molecule has 82 valence electrons. The summed E-state index contributed by atoms with van der Waals surface area (Å²) in [5.41, 5.74) is 1.28. The van der Waals surface area contributed by atoms with Crippen molar-refractivity contribution in [1.29, 1.82) is 0 Å². The number of hydrogen-bond donors (Lipinski definition) is 1. The first-order valence-corrected chi connectivity index (χ1v) is 4.75. The summed E-state index contributed by atoms with van der Waals surface area (Å²) in [7, 11) is 1.75. The molecule has 2 aromatic heterocycles. The lowest BCUT2D eigenvalue weighted by atomic mass is 10.3. The molecular formula is C10H11N5O. The summed E-state index contributed by atoms with van der Waals surface area (Å²) in [6.07, 6.45) is 4.72. The first-order chi connectivity index (χ1) is 7.65. The summed E-state index contributed by atoms with van der Waals surface area (Å²) in [5.74, 6) is 0.0348. The lowest BCUT2D eigenvalue weighted by molar-refractivity contribution is 0.102. The molecule has 1 amide bonds. The summed E-state index contributed by atoms with van der Waals surface area (Å²) in [4.78, 5) is 19.7. The van der Waals surface area contributed by atoms with Gasteiger partial charge in [0.15, 0.2) is 0 Å². The van der Waals surface area contributed by atoms with E-state index in [1.165, 1.54) is 6.20 Å². The second-order valence-corrected chi connectivity index (χ2v) is 3.38. The van der Waals surface area contributed by atoms with Crippen molar-refractivity contribution in [1.82, 2.24) is 19.7 Å². The van der Waals surface area contributed by atoms with Crippen LogP contribution in [0.3, 0.4) is 0 Å². The van der Waals surface area contributed by atoms with Crippen molar-refractivity contribution >= 4 is 11.9 Å². The van der Waals surface area contributed by atoms with Crippen LogP contribution in [0.5, 0.6) is 0 Å². The lowest BCUT2D eigenvalue weighted by Gasteiger charge is -2.01. The highest BCUT2D eigenvalue weighted by Gasteiger charge is 2.09. The maximum Gasteiger partial charge on any atom is 0.261 e. The first-order valence-electron chi connectivity index (χ1n) is 4.75. The number of carbonyl (C=O) groups excluding carboxylic acids is 1. The van der Waals surface area contributed by atoms with E-state index in [4.69, 9.17) is 0 Å². The zero-order chi connectivity index (χ0) is 11.5. The summed E-state index contributed by atoms with van der Waals surface area (Å²) >= 11 is 0. The van der Waals surface area contributed by atoms with Crippen LogP contribution in [-0.4, -0.2) is 25.7 Å². The molecule has 0 radical (unpaired) electrons. The van der Waals surface area contributed by atoms with Gasteiger partial charge in [0.2, 0.25) is 5.95 Å². The minimum absolute atomic E-state index is 0.265. The number of aryl methyl sites for hydroxylation is 2. The Morgan fingerprint density at radius 1 is 1.50 bits per heavy atom. The summed E-state index contributed by atoms with van der Waals surface area (Å²) in [6.45, 7) is 1.83. The normalized spacial score (nSPS) is 10.1. The van der Waals surface area contributed by atoms with Crippen molar-refractivity contribution in [2.45, 2.75) is 6.92 Å². The number of nitrogens with one attached hydrogen (secondary N) is 1. The van der Waals surface area contributed by atoms with Crippen molar-refractivity contribution < 1.29 is 4.79 Å². The molecule has 2 rings (SSSR count). The number of carbonyl (C=O) groups is 1. The Labute approximate surface area is 92.3 Å². The van der Waals surface area contributed by atoms with Gasteiger partial charge >= 0.3 is 0 Å². The SMILES string of the molecule is Cc1ccnc(NC(=O)c2cnn(C)c2)n1. The maximum atomic E-state index is 11.7. The molecule has 2 heterocycles. The van der Waals surface area contributed by atoms with Crippen LogP contribution in [-0.2, 0) is 7.05 Å². The van der Waals surface area contributed by atoms with Crippen LogP contribution in [0.15, 0.2) is 24.7 Å². The minimum atomic E-state index is -0.265. The molecule has 0 aliphatic rings. The topological polar surface area (TPSA) is 72.7 Å². The van der Waals surface area contributed by atoms with Crippen molar-refractivity contribution in [2.75, 3.05) is 5.32 Å². The van der Waals surface area contributed by atoms with Gasteiger partial charge < -0.3 is 0 Å². The second kappa shape index (κ2) is 4.09. The molecule has 0 aliphatic heterocycles. The van der Waals surface area contributed by atoms with E-state index in [2.05, 4.69) is 20.4 Å². The van der Waals surface area contributed by atoms with E-state index in [1.807, 2.05) is 6.92 Å². The third kappa shape index (κ3) is 2.22. The molecule has 0 spiro atoms. The number of hydrogen-bond acceptors (Lipinski definition) is 4. The van der Waals surface area contributed by atoms with Gasteiger partial charge in [-0.15, -0.1) is 0 Å². The van der Waals surface area contributed by atoms with Gasteiger partial charge in [-0.05, 0) is 13.0 Å². The Hall–Kier alpha value is -2.24. The zero-order valence-corrected chi connectivity index (χ0v) is 9.01. The van der Waals surface area contributed by atoms with Crippen LogP contribution in [0.4, 0.5) is 5.95 Å². The number of anilines is 1. The molecule has 0 unspecified atom stereocenters. The molecule has 16 heavy (non-hydrogen) atoms. The Kier molecular flexibility index (Phi) is 2.63. The first kappa shape index (κ1) is 10.3. The van der Waals surface area contributed by atoms with Gasteiger partial charge in [0.05, 0.1) is 11.8 Å². The Morgan fingerprint density at radius 3 is 2.94 bits per heavy atom. The van der Waals surface area contributed by atoms with Crippen LogP contribution in [0, 0.1) is 6.92 Å². The van der Waals surface area contributed by atoms with E-state index in [0.29, 0.717) is 11.5 Å². The molecule has 0 saturated carbocycles. The number of rotatable bonds is 2. The number of nitrogens with zero attached hydrogens (tertiary/aromatic N) is 4. The molecular weight excluding hydrogens is 206 g/mol. The molecule has 1 N–H and O–H groups in total. The summed E-state index contributed by atoms with van der Waals surface area (Å²) < 4.78 is 1.56. The average Bonchev–Trinajstić information content (AvgIpc) is 2.65. The molecule has 6 nitrogen and oxygen atoms in total. The summed E-state index contributed by atoms with van der Waals surface area (Å²) in [6, 6.07) is 1.76. The minimum Gasteiger partial charge on any atom is -0.290 e. The van der Waals surface area contributed by atoms with E-state index >= 15 is 0 Å². The van der Waals surface area contributed by atoms with E-state index < -0.39 is 0 Å². The highest BCUT2D eigenvalue weighted by Crippen LogP contribution is 2.03. The highest BCUT2D eigenvalue weighted by atomic mass is 16.1. The van der Waals surface area contributed by atoms with E-state index in [1.54, 1.807) is 30.2 Å². The van der Waals surface area contributed by atoms with Crippen LogP contribution < -0.4 is 5.32 Å². The Bertz CT molecular complexity index is 519. The Morgan fingerprint density at radius 2 is 2.31 bits per heavy atom. The maximum absolute atomic E-state index is 11.7. The van der Waals surface area contributed by atoms with Crippen molar-refractivity contribution in [3.05, 3.63) is 35.9 Å². The van der Waals surface area contributed by atoms with Gasteiger partial charge in [-0.25, -0.2) is 9.97 Å². The average molecular weight is 217 g/mol. The van der Waals surface area contributed by atoms with Gasteiger partial charge in [0.1, 0.15) is 0 Å². The van der Waals surface area contributed by atoms with Crippen LogP contribution in [0.25, 0.3) is 0 Å². The molecule has 0 aromatic carbocycles. The molecule has 6 heteroatoms. The largest absolute Gasteiger partial charge is 0.290 e. The Balaban J connectivity index is 2.13. The number of amides is 1. The molecule has 0 fully saturated rings. The molecule has 0 saturated heterocycles. The highest BCUT2D eigenvalue weighted by molar-refractivity contribution is 6.02. The fourth-order valence-corrected chi connectivity index (χ4v) is 1.22. The van der Waals surface area contributed by atoms with Crippen LogP contribution in [0.2, 0.25) is 0 Å². The van der Waals surface area contributed by atoms with Gasteiger partial charge in [-0.2, -0.15) is 5.10 Å². The fraction of sp³-hybridized carbons (Fsp3) is 0.200. The van der Waals surface area contributed by atoms with Crippen molar-refractivity contribution in [3.8, 4) is 0 Å². The molecule has 0 atom stereocenters. The molecule has 2 aromatic rings. The van der Waals surface area contributed by atoms with Gasteiger partial charge in [0.25, 0.3) is 5.91 Å². The van der Waals surface area contributed by atoms with E-state index in [9.17, 15) is 4.79 Å². The molecule has 0 aliphatic carbocycles. The van der Waals surface area contributed by atoms with Crippen molar-refractivity contribution in [2.24, 2.45) is 7.05 Å². The van der Waals surface area contributed by atoms with Crippen LogP contribution >= 0.6 is 0 Å². The predicted molar refractivity (Wildman–Crippen MR) is 57.9 cm³/mol. The fourth-order valence-electron chi connectivity index (χ4n) is 1.22. The lowest BCUT2D eigenvalue weighted by Crippen LogP contribution is -2.13. The monoisotopic (exact) mass is 217 g/mol. The standard InChI is InChI=1S/C10H11N5O/c1-7-3-4-11-10(13-7)14-9(16)8-5-12-15(2)6-8/h3-6H,1-2H3,(H,11,13,14,16). The molecule has 0 bridgehead atoms. The predicted octanol–water partition coefficient (Wildman–Crippen LogP) is 0.771. The second-order valence-electron chi connectivity index (χ2n) is 3.38. The van der Waals surface area contributed by atoms with Gasteiger partial charge in [-0.3, -0.25) is 14.8 Å². The number of aromatic nitrogens is 4. The smallest absolute Gasteiger partial charge is 0.261 e. The van der Waals surface area contributed by atoms with E-state index in [-0.39, 0.29) is 5.91 Å². The van der Waals surface area contributed by atoms with Gasteiger partial charge in [0, 0.05) is 25.1 Å². The van der Waals surface area contributed by atoms with Crippen molar-refractivity contribution in [3.63, 3.8) is 0 Å². The zero-order valence-electron chi connectivity index (χ0n) is 9.01. The quantitative estimate of drug-likeness (QED) is 0.806. The van der Waals surface area contributed by atoms with E-state index in [0.717, 1.165) is 5.69 Å². The summed E-state index contributed by atoms with van der Waals surface area (Å²) in [5, 5.41) is 6.51. The third-order valence-corrected chi connectivity index (χ3v) is 1.99. The van der Waals surface area contributed by atoms with Crippen LogP contribution in [0.1, 0.15) is 16.1 Å². The third-order valence-electron chi connectivity index (χ3n) is 1.99.